The van der Waals surface area contributed by atoms with Gasteiger partial charge in [0.2, 0.25) is 5.95 Å². The first kappa shape index (κ1) is 12.7. The number of halogens is 3. The van der Waals surface area contributed by atoms with Gasteiger partial charge >= 0.3 is 6.18 Å². The highest BCUT2D eigenvalue weighted by molar-refractivity contribution is 5.28. The number of alkyl halides is 3. The molecule has 2 saturated carbocycles. The second-order valence-corrected chi connectivity index (χ2v) is 5.74. The molecule has 1 spiro atoms. The number of aromatic nitrogens is 2. The first-order chi connectivity index (χ1) is 8.91. The Labute approximate surface area is 109 Å². The minimum atomic E-state index is -4.40. The van der Waals surface area contributed by atoms with Crippen LogP contribution in [0, 0.1) is 11.3 Å². The van der Waals surface area contributed by atoms with Crippen molar-refractivity contribution >= 4 is 5.95 Å². The summed E-state index contributed by atoms with van der Waals surface area (Å²) in [5.74, 6) is 0.252. The van der Waals surface area contributed by atoms with Crippen LogP contribution in [-0.2, 0) is 12.6 Å². The van der Waals surface area contributed by atoms with Crippen LogP contribution in [0.2, 0.25) is 0 Å². The van der Waals surface area contributed by atoms with Gasteiger partial charge in [-0.1, -0.05) is 6.42 Å². The third kappa shape index (κ3) is 2.07. The van der Waals surface area contributed by atoms with Crippen LogP contribution in [0.25, 0.3) is 0 Å². The van der Waals surface area contributed by atoms with E-state index in [9.17, 15) is 13.2 Å². The summed E-state index contributed by atoms with van der Waals surface area (Å²) in [6.07, 6.45) is 2.44. The monoisotopic (exact) mass is 271 g/mol. The van der Waals surface area contributed by atoms with Gasteiger partial charge in [-0.15, -0.1) is 0 Å². The van der Waals surface area contributed by atoms with E-state index in [1.807, 2.05) is 0 Å². The molecule has 104 valence electrons. The van der Waals surface area contributed by atoms with E-state index in [0.717, 1.165) is 31.9 Å². The molecule has 1 heterocycles. The Morgan fingerprint density at radius 3 is 2.53 bits per heavy atom. The number of nitrogens with two attached hydrogens (primary N) is 1. The zero-order chi connectivity index (χ0) is 13.7. The Morgan fingerprint density at radius 1 is 1.32 bits per heavy atom. The predicted octanol–water partition coefficient (Wildman–Crippen LogP) is 3.20. The van der Waals surface area contributed by atoms with Gasteiger partial charge < -0.3 is 5.73 Å². The van der Waals surface area contributed by atoms with Gasteiger partial charge in [0.1, 0.15) is 0 Å². The first-order valence-corrected chi connectivity index (χ1v) is 6.59. The summed E-state index contributed by atoms with van der Waals surface area (Å²) in [6.45, 7) is 0. The fourth-order valence-corrected chi connectivity index (χ4v) is 3.42. The fourth-order valence-electron chi connectivity index (χ4n) is 3.42. The zero-order valence-corrected chi connectivity index (χ0v) is 10.5. The molecule has 2 N–H and O–H groups in total. The van der Waals surface area contributed by atoms with Gasteiger partial charge in [-0.3, -0.25) is 0 Å². The Bertz CT molecular complexity index is 489. The summed E-state index contributed by atoms with van der Waals surface area (Å²) in [7, 11) is 0. The molecule has 0 aromatic carbocycles. The number of rotatable bonds is 2. The normalized spacial score (nSPS) is 24.9. The molecular formula is C13H16F3N3. The van der Waals surface area contributed by atoms with E-state index in [0.29, 0.717) is 17.8 Å². The molecule has 3 nitrogen and oxygen atoms in total. The van der Waals surface area contributed by atoms with Gasteiger partial charge in [-0.25, -0.2) is 9.97 Å². The number of hydrogen-bond donors (Lipinski definition) is 1. The smallest absolute Gasteiger partial charge is 0.368 e. The summed E-state index contributed by atoms with van der Waals surface area (Å²) in [5.41, 5.74) is 5.07. The summed E-state index contributed by atoms with van der Waals surface area (Å²) in [5, 5.41) is 0. The molecule has 0 aliphatic heterocycles. The Kier molecular flexibility index (Phi) is 2.73. The molecule has 0 saturated heterocycles. The quantitative estimate of drug-likeness (QED) is 0.898. The Morgan fingerprint density at radius 2 is 2.05 bits per heavy atom. The molecule has 0 amide bonds. The third-order valence-corrected chi connectivity index (χ3v) is 4.84. The van der Waals surface area contributed by atoms with Gasteiger partial charge in [0.25, 0.3) is 0 Å². The van der Waals surface area contributed by atoms with E-state index in [-0.39, 0.29) is 11.6 Å². The highest BCUT2D eigenvalue weighted by atomic mass is 19.4. The van der Waals surface area contributed by atoms with Crippen LogP contribution in [0.15, 0.2) is 6.20 Å². The van der Waals surface area contributed by atoms with Crippen LogP contribution >= 0.6 is 0 Å². The molecule has 3 rings (SSSR count). The minimum Gasteiger partial charge on any atom is -0.368 e. The van der Waals surface area contributed by atoms with Crippen molar-refractivity contribution < 1.29 is 13.2 Å². The van der Waals surface area contributed by atoms with Crippen molar-refractivity contribution in [2.45, 2.75) is 44.7 Å². The topological polar surface area (TPSA) is 51.8 Å². The van der Waals surface area contributed by atoms with E-state index in [2.05, 4.69) is 9.97 Å². The number of nitrogen functional groups attached to an aromatic ring is 1. The van der Waals surface area contributed by atoms with Crippen LogP contribution in [0.1, 0.15) is 43.4 Å². The van der Waals surface area contributed by atoms with Gasteiger partial charge in [0.05, 0.1) is 11.3 Å². The molecule has 0 bridgehead atoms. The molecule has 2 aliphatic rings. The lowest BCUT2D eigenvalue weighted by atomic mass is 9.49. The van der Waals surface area contributed by atoms with Gasteiger partial charge in [0, 0.05) is 6.20 Å². The Hall–Kier alpha value is -1.33. The van der Waals surface area contributed by atoms with E-state index < -0.39 is 11.7 Å². The summed E-state index contributed by atoms with van der Waals surface area (Å²) in [6, 6.07) is 0. The fraction of sp³-hybridized carbons (Fsp3) is 0.692. The lowest BCUT2D eigenvalue weighted by Crippen LogP contribution is -2.46. The SMILES string of the molecule is Nc1ncc(C(F)(F)F)c(CC2CCC23CCC3)n1. The summed E-state index contributed by atoms with van der Waals surface area (Å²) < 4.78 is 38.8. The van der Waals surface area contributed by atoms with Crippen molar-refractivity contribution in [3.8, 4) is 0 Å². The van der Waals surface area contributed by atoms with Crippen molar-refractivity contribution in [2.24, 2.45) is 11.3 Å². The second-order valence-electron chi connectivity index (χ2n) is 5.74. The number of nitrogens with zero attached hydrogens (tertiary/aromatic N) is 2. The van der Waals surface area contributed by atoms with Crippen LogP contribution in [0.3, 0.4) is 0 Å². The van der Waals surface area contributed by atoms with Crippen LogP contribution in [-0.4, -0.2) is 9.97 Å². The van der Waals surface area contributed by atoms with Crippen molar-refractivity contribution in [1.29, 1.82) is 0 Å². The van der Waals surface area contributed by atoms with E-state index in [1.54, 1.807) is 0 Å². The zero-order valence-electron chi connectivity index (χ0n) is 10.5. The first-order valence-electron chi connectivity index (χ1n) is 6.59. The predicted molar refractivity (Wildman–Crippen MR) is 64.2 cm³/mol. The van der Waals surface area contributed by atoms with Crippen LogP contribution in [0.5, 0.6) is 0 Å². The van der Waals surface area contributed by atoms with Crippen LogP contribution in [0.4, 0.5) is 19.1 Å². The standard InChI is InChI=1S/C13H16F3N3/c14-13(15,16)9-7-18-11(17)19-10(9)6-8-2-5-12(8)3-1-4-12/h7-8H,1-6H2,(H2,17,18,19). The average molecular weight is 271 g/mol. The average Bonchev–Trinajstić information content (AvgIpc) is 2.20. The van der Waals surface area contributed by atoms with Gasteiger partial charge in [0.15, 0.2) is 0 Å². The number of hydrogen-bond acceptors (Lipinski definition) is 3. The van der Waals surface area contributed by atoms with E-state index in [4.69, 9.17) is 5.73 Å². The molecule has 6 heteroatoms. The molecule has 1 atom stereocenters. The van der Waals surface area contributed by atoms with Crippen molar-refractivity contribution in [2.75, 3.05) is 5.73 Å². The third-order valence-electron chi connectivity index (χ3n) is 4.84. The van der Waals surface area contributed by atoms with Gasteiger partial charge in [-0.05, 0) is 43.4 Å². The largest absolute Gasteiger partial charge is 0.419 e. The van der Waals surface area contributed by atoms with Gasteiger partial charge in [-0.2, -0.15) is 13.2 Å². The maximum absolute atomic E-state index is 12.9. The van der Waals surface area contributed by atoms with Crippen molar-refractivity contribution in [3.05, 3.63) is 17.5 Å². The molecule has 0 radical (unpaired) electrons. The van der Waals surface area contributed by atoms with E-state index >= 15 is 0 Å². The molecule has 1 aromatic heterocycles. The van der Waals surface area contributed by atoms with Crippen molar-refractivity contribution in [3.63, 3.8) is 0 Å². The maximum Gasteiger partial charge on any atom is 0.419 e. The molecular weight excluding hydrogens is 255 g/mol. The van der Waals surface area contributed by atoms with E-state index in [1.165, 1.54) is 6.42 Å². The molecule has 1 unspecified atom stereocenters. The molecule has 19 heavy (non-hydrogen) atoms. The lowest BCUT2D eigenvalue weighted by molar-refractivity contribution is -0.139. The minimum absolute atomic E-state index is 0.0657. The number of anilines is 1. The molecule has 2 fully saturated rings. The molecule has 2 aliphatic carbocycles. The maximum atomic E-state index is 12.9. The highest BCUT2D eigenvalue weighted by Crippen LogP contribution is 2.60. The summed E-state index contributed by atoms with van der Waals surface area (Å²) in [4.78, 5) is 7.31. The van der Waals surface area contributed by atoms with Crippen LogP contribution < -0.4 is 5.73 Å². The summed E-state index contributed by atoms with van der Waals surface area (Å²) >= 11 is 0. The lowest BCUT2D eigenvalue weighted by Gasteiger charge is -2.56. The van der Waals surface area contributed by atoms with Crippen molar-refractivity contribution in [1.82, 2.24) is 9.97 Å². The second kappa shape index (κ2) is 4.08. The Balaban J connectivity index is 1.85. The highest BCUT2D eigenvalue weighted by Gasteiger charge is 2.50. The molecule has 1 aromatic rings.